The molecule has 1 saturated carbocycles. The van der Waals surface area contributed by atoms with Crippen molar-refractivity contribution in [1.29, 1.82) is 0 Å². The summed E-state index contributed by atoms with van der Waals surface area (Å²) < 4.78 is 0. The van der Waals surface area contributed by atoms with Crippen LogP contribution in [-0.4, -0.2) is 36.0 Å². The van der Waals surface area contributed by atoms with Gasteiger partial charge in [0.2, 0.25) is 5.91 Å². The minimum absolute atomic E-state index is 0. The van der Waals surface area contributed by atoms with Gasteiger partial charge in [-0.25, -0.2) is 0 Å². The van der Waals surface area contributed by atoms with E-state index in [-0.39, 0.29) is 17.8 Å². The molecule has 20 heavy (non-hydrogen) atoms. The van der Waals surface area contributed by atoms with Gasteiger partial charge in [0.25, 0.3) is 0 Å². The van der Waals surface area contributed by atoms with Gasteiger partial charge in [0.1, 0.15) is 0 Å². The summed E-state index contributed by atoms with van der Waals surface area (Å²) in [6, 6.07) is 1.17. The summed E-state index contributed by atoms with van der Waals surface area (Å²) in [5, 5.41) is 3.53. The zero-order valence-corrected chi connectivity index (χ0v) is 13.1. The fourth-order valence-corrected chi connectivity index (χ4v) is 5.37. The molecule has 0 aromatic rings. The maximum absolute atomic E-state index is 13.3. The number of carbonyl (C=O) groups is 1. The molecule has 2 unspecified atom stereocenters. The van der Waals surface area contributed by atoms with Crippen LogP contribution in [0.15, 0.2) is 0 Å². The van der Waals surface area contributed by atoms with Crippen LogP contribution in [0.5, 0.6) is 0 Å². The van der Waals surface area contributed by atoms with E-state index in [0.717, 1.165) is 19.5 Å². The van der Waals surface area contributed by atoms with Gasteiger partial charge in [0, 0.05) is 18.6 Å². The van der Waals surface area contributed by atoms with Crippen LogP contribution in [0.1, 0.15) is 57.8 Å². The molecule has 0 aromatic carbocycles. The second kappa shape index (κ2) is 5.49. The highest BCUT2D eigenvalue weighted by molar-refractivity contribution is 5.85. The summed E-state index contributed by atoms with van der Waals surface area (Å²) in [5.74, 6) is 1.16. The molecule has 0 aromatic heterocycles. The molecule has 4 atom stereocenters. The summed E-state index contributed by atoms with van der Waals surface area (Å²) in [6.07, 6.45) is 11.4. The Morgan fingerprint density at radius 2 is 1.75 bits per heavy atom. The van der Waals surface area contributed by atoms with Gasteiger partial charge < -0.3 is 10.2 Å². The number of halogens is 1. The Bertz CT molecular complexity index is 373. The second-order valence-electron chi connectivity index (χ2n) is 7.26. The molecular weight excluding hydrogens is 272 g/mol. The molecule has 2 bridgehead atoms. The lowest BCUT2D eigenvalue weighted by Gasteiger charge is -2.45. The van der Waals surface area contributed by atoms with Crippen molar-refractivity contribution >= 4 is 18.3 Å². The molecule has 114 valence electrons. The van der Waals surface area contributed by atoms with E-state index in [1.165, 1.54) is 51.4 Å². The number of piperidine rings is 1. The monoisotopic (exact) mass is 298 g/mol. The minimum atomic E-state index is -0.0174. The number of carbonyl (C=O) groups excluding carboxylic acids is 1. The number of fused-ring (bicyclic) bond motifs is 3. The Morgan fingerprint density at radius 3 is 2.50 bits per heavy atom. The van der Waals surface area contributed by atoms with Crippen molar-refractivity contribution in [3.8, 4) is 0 Å². The first-order valence-corrected chi connectivity index (χ1v) is 8.35. The van der Waals surface area contributed by atoms with E-state index in [1.807, 2.05) is 0 Å². The van der Waals surface area contributed by atoms with Crippen molar-refractivity contribution in [3.05, 3.63) is 0 Å². The summed E-state index contributed by atoms with van der Waals surface area (Å²) >= 11 is 0. The largest absolute Gasteiger partial charge is 0.336 e. The van der Waals surface area contributed by atoms with Crippen LogP contribution in [0.2, 0.25) is 0 Å². The van der Waals surface area contributed by atoms with Gasteiger partial charge in [0.05, 0.1) is 5.41 Å². The van der Waals surface area contributed by atoms with Gasteiger partial charge in [-0.05, 0) is 57.4 Å². The molecular formula is C16H27ClN2O. The molecule has 3 aliphatic heterocycles. The third-order valence-corrected chi connectivity index (χ3v) is 6.39. The van der Waals surface area contributed by atoms with E-state index >= 15 is 0 Å². The normalized spacial score (nSPS) is 43.0. The Balaban J connectivity index is 0.00000121. The molecule has 4 fully saturated rings. The molecule has 4 heteroatoms. The highest BCUT2D eigenvalue weighted by Crippen LogP contribution is 2.48. The molecule has 0 radical (unpaired) electrons. The average Bonchev–Trinajstić information content (AvgIpc) is 2.98. The lowest BCUT2D eigenvalue weighted by Crippen LogP contribution is -2.54. The molecule has 0 spiro atoms. The van der Waals surface area contributed by atoms with Crippen LogP contribution in [0, 0.1) is 11.3 Å². The van der Waals surface area contributed by atoms with Crippen molar-refractivity contribution in [2.45, 2.75) is 69.9 Å². The number of nitrogens with zero attached hydrogens (tertiary/aromatic N) is 1. The van der Waals surface area contributed by atoms with Crippen LogP contribution in [-0.2, 0) is 4.79 Å². The average molecular weight is 299 g/mol. The van der Waals surface area contributed by atoms with E-state index in [2.05, 4.69) is 10.2 Å². The predicted molar refractivity (Wildman–Crippen MR) is 82.0 cm³/mol. The van der Waals surface area contributed by atoms with E-state index in [0.29, 0.717) is 23.9 Å². The van der Waals surface area contributed by atoms with Gasteiger partial charge in [-0.1, -0.05) is 12.8 Å². The number of rotatable bonds is 1. The van der Waals surface area contributed by atoms with Gasteiger partial charge in [0.15, 0.2) is 0 Å². The van der Waals surface area contributed by atoms with Crippen molar-refractivity contribution in [2.24, 2.45) is 11.3 Å². The fraction of sp³-hybridized carbons (Fsp3) is 0.938. The quantitative estimate of drug-likeness (QED) is 0.807. The predicted octanol–water partition coefficient (Wildman–Crippen LogP) is 2.73. The Labute approximate surface area is 128 Å². The van der Waals surface area contributed by atoms with Crippen LogP contribution >= 0.6 is 12.4 Å². The molecule has 4 aliphatic rings. The standard InChI is InChI=1S/C16H26N2O.ClH/c19-15(18-13-5-3-6-14(18)8-7-13)16-9-2-1-4-12(16)10-17-11-16;/h12-14,17H,1-11H2;1H/t12-,13?,14?,16+;/m0./s1. The number of hydrogen-bond acceptors (Lipinski definition) is 2. The van der Waals surface area contributed by atoms with Gasteiger partial charge in [-0.3, -0.25) is 4.79 Å². The van der Waals surface area contributed by atoms with Gasteiger partial charge >= 0.3 is 0 Å². The smallest absolute Gasteiger partial charge is 0.230 e. The van der Waals surface area contributed by atoms with Crippen molar-refractivity contribution in [3.63, 3.8) is 0 Å². The van der Waals surface area contributed by atoms with E-state index in [9.17, 15) is 4.79 Å². The second-order valence-corrected chi connectivity index (χ2v) is 7.26. The molecule has 3 heterocycles. The third-order valence-electron chi connectivity index (χ3n) is 6.39. The lowest BCUT2D eigenvalue weighted by molar-refractivity contribution is -0.150. The fourth-order valence-electron chi connectivity index (χ4n) is 5.37. The highest BCUT2D eigenvalue weighted by Gasteiger charge is 2.54. The SMILES string of the molecule is Cl.O=C(N1C2CCCC1CC2)[C@@]12CCCC[C@H]1CNC2. The van der Waals surface area contributed by atoms with Crippen molar-refractivity contribution < 1.29 is 4.79 Å². The lowest BCUT2D eigenvalue weighted by atomic mass is 9.67. The first-order chi connectivity index (χ1) is 9.31. The van der Waals surface area contributed by atoms with Crippen LogP contribution in [0.4, 0.5) is 0 Å². The van der Waals surface area contributed by atoms with Gasteiger partial charge in [-0.15, -0.1) is 12.4 Å². The topological polar surface area (TPSA) is 32.3 Å². The maximum Gasteiger partial charge on any atom is 0.230 e. The number of hydrogen-bond donors (Lipinski definition) is 1. The minimum Gasteiger partial charge on any atom is -0.336 e. The van der Waals surface area contributed by atoms with Crippen LogP contribution in [0.25, 0.3) is 0 Å². The molecule has 1 N–H and O–H groups in total. The van der Waals surface area contributed by atoms with Crippen molar-refractivity contribution in [1.82, 2.24) is 10.2 Å². The number of amides is 1. The molecule has 3 saturated heterocycles. The molecule has 3 nitrogen and oxygen atoms in total. The highest BCUT2D eigenvalue weighted by atomic mass is 35.5. The third kappa shape index (κ3) is 2.00. The molecule has 4 rings (SSSR count). The maximum atomic E-state index is 13.3. The number of nitrogens with one attached hydrogen (secondary N) is 1. The zero-order chi connectivity index (χ0) is 12.9. The summed E-state index contributed by atoms with van der Waals surface area (Å²) in [5.41, 5.74) is -0.0174. The van der Waals surface area contributed by atoms with E-state index in [1.54, 1.807) is 0 Å². The van der Waals surface area contributed by atoms with Crippen LogP contribution < -0.4 is 5.32 Å². The first-order valence-electron chi connectivity index (χ1n) is 8.35. The van der Waals surface area contributed by atoms with E-state index in [4.69, 9.17) is 0 Å². The molecule has 1 aliphatic carbocycles. The Kier molecular flexibility index (Phi) is 4.02. The van der Waals surface area contributed by atoms with Crippen molar-refractivity contribution in [2.75, 3.05) is 13.1 Å². The summed E-state index contributed by atoms with van der Waals surface area (Å²) in [6.45, 7) is 2.03. The zero-order valence-electron chi connectivity index (χ0n) is 12.3. The summed E-state index contributed by atoms with van der Waals surface area (Å²) in [4.78, 5) is 15.7. The first kappa shape index (κ1) is 14.6. The van der Waals surface area contributed by atoms with Crippen LogP contribution in [0.3, 0.4) is 0 Å². The summed E-state index contributed by atoms with van der Waals surface area (Å²) in [7, 11) is 0. The Hall–Kier alpha value is -0.280. The molecule has 1 amide bonds. The van der Waals surface area contributed by atoms with E-state index < -0.39 is 0 Å². The Morgan fingerprint density at radius 1 is 1.00 bits per heavy atom. The van der Waals surface area contributed by atoms with Gasteiger partial charge in [-0.2, -0.15) is 0 Å².